The number of carbonyl (C=O) groups excluding carboxylic acids is 2. The second kappa shape index (κ2) is 7.49. The first-order chi connectivity index (χ1) is 12.5. The van der Waals surface area contributed by atoms with Crippen molar-refractivity contribution in [1.29, 1.82) is 0 Å². The fourth-order valence-electron chi connectivity index (χ4n) is 2.47. The minimum Gasteiger partial charge on any atom is -0.495 e. The van der Waals surface area contributed by atoms with Crippen LogP contribution in [0.15, 0.2) is 48.5 Å². The van der Waals surface area contributed by atoms with E-state index < -0.39 is 18.0 Å². The van der Waals surface area contributed by atoms with Crippen LogP contribution in [0.3, 0.4) is 0 Å². The van der Waals surface area contributed by atoms with Crippen molar-refractivity contribution in [3.63, 3.8) is 0 Å². The molecule has 26 heavy (non-hydrogen) atoms. The number of fused-ring (bicyclic) bond motifs is 1. The van der Waals surface area contributed by atoms with Gasteiger partial charge in [0.1, 0.15) is 11.4 Å². The molecule has 134 valence electrons. The van der Waals surface area contributed by atoms with E-state index >= 15 is 0 Å². The summed E-state index contributed by atoms with van der Waals surface area (Å²) >= 11 is 5.94. The average molecular weight is 373 g/mol. The van der Waals surface area contributed by atoms with Crippen molar-refractivity contribution in [2.45, 2.75) is 13.0 Å². The summed E-state index contributed by atoms with van der Waals surface area (Å²) in [5.74, 6) is -0.645. The van der Waals surface area contributed by atoms with Gasteiger partial charge in [-0.1, -0.05) is 29.8 Å². The summed E-state index contributed by atoms with van der Waals surface area (Å²) in [5, 5.41) is 3.99. The van der Waals surface area contributed by atoms with E-state index in [0.29, 0.717) is 16.5 Å². The van der Waals surface area contributed by atoms with Gasteiger partial charge in [0.25, 0.3) is 5.91 Å². The minimum absolute atomic E-state index is 0.284. The summed E-state index contributed by atoms with van der Waals surface area (Å²) in [4.78, 5) is 27.6. The molecule has 0 aliphatic carbocycles. The standard InChI is InChI=1S/C19H17ClN2O4/c1-11(18(23)22-15-10-13(20)7-8-17(15)25-2)26-19(24)16-9-12-5-3-4-6-14(12)21-16/h3-11,21H,1-2H3,(H,22,23)/t11-/m1/s1. The highest BCUT2D eigenvalue weighted by Gasteiger charge is 2.21. The first-order valence-corrected chi connectivity index (χ1v) is 8.29. The fraction of sp³-hybridized carbons (Fsp3) is 0.158. The van der Waals surface area contributed by atoms with Crippen LogP contribution < -0.4 is 10.1 Å². The SMILES string of the molecule is COc1ccc(Cl)cc1NC(=O)[C@@H](C)OC(=O)c1cc2ccccc2[nH]1. The van der Waals surface area contributed by atoms with Gasteiger partial charge >= 0.3 is 5.97 Å². The molecule has 0 bridgehead atoms. The number of H-pyrrole nitrogens is 1. The van der Waals surface area contributed by atoms with Gasteiger partial charge in [0.2, 0.25) is 0 Å². The van der Waals surface area contributed by atoms with Crippen LogP contribution in [-0.2, 0) is 9.53 Å². The molecule has 0 fully saturated rings. The number of hydrogen-bond donors (Lipinski definition) is 2. The number of para-hydroxylation sites is 1. The second-order valence-electron chi connectivity index (χ2n) is 5.65. The molecule has 0 radical (unpaired) electrons. The van der Waals surface area contributed by atoms with Gasteiger partial charge in [0.15, 0.2) is 6.10 Å². The Morgan fingerprint density at radius 3 is 2.65 bits per heavy atom. The van der Waals surface area contributed by atoms with Crippen LogP contribution in [0.1, 0.15) is 17.4 Å². The second-order valence-corrected chi connectivity index (χ2v) is 6.09. The third-order valence-electron chi connectivity index (χ3n) is 3.82. The molecule has 1 aromatic heterocycles. The third-order valence-corrected chi connectivity index (χ3v) is 4.06. The van der Waals surface area contributed by atoms with Crippen molar-refractivity contribution in [3.8, 4) is 5.75 Å². The molecule has 0 aliphatic rings. The molecule has 3 aromatic rings. The van der Waals surface area contributed by atoms with Crippen LogP contribution >= 0.6 is 11.6 Å². The predicted molar refractivity (Wildman–Crippen MR) is 99.8 cm³/mol. The van der Waals surface area contributed by atoms with E-state index in [4.69, 9.17) is 21.1 Å². The number of carbonyl (C=O) groups is 2. The summed E-state index contributed by atoms with van der Waals surface area (Å²) in [6.45, 7) is 1.49. The monoisotopic (exact) mass is 372 g/mol. The summed E-state index contributed by atoms with van der Waals surface area (Å²) in [6, 6.07) is 14.0. The number of aromatic nitrogens is 1. The van der Waals surface area contributed by atoms with Crippen LogP contribution in [0.25, 0.3) is 10.9 Å². The molecule has 7 heteroatoms. The number of ether oxygens (including phenoxy) is 2. The molecule has 1 atom stereocenters. The van der Waals surface area contributed by atoms with Gasteiger partial charge in [-0.05, 0) is 37.3 Å². The van der Waals surface area contributed by atoms with E-state index in [0.717, 1.165) is 10.9 Å². The average Bonchev–Trinajstić information content (AvgIpc) is 3.06. The Bertz CT molecular complexity index is 934. The molecule has 0 unspecified atom stereocenters. The van der Waals surface area contributed by atoms with Crippen molar-refractivity contribution in [3.05, 3.63) is 59.2 Å². The van der Waals surface area contributed by atoms with Crippen molar-refractivity contribution in [2.24, 2.45) is 0 Å². The normalized spacial score (nSPS) is 11.8. The molecule has 1 heterocycles. The molecule has 2 N–H and O–H groups in total. The van der Waals surface area contributed by atoms with E-state index in [-0.39, 0.29) is 5.69 Å². The topological polar surface area (TPSA) is 80.4 Å². The summed E-state index contributed by atoms with van der Waals surface area (Å²) in [5.41, 5.74) is 1.50. The zero-order valence-electron chi connectivity index (χ0n) is 14.2. The Kier molecular flexibility index (Phi) is 5.14. The molecule has 1 amide bonds. The van der Waals surface area contributed by atoms with E-state index in [2.05, 4.69) is 10.3 Å². The first kappa shape index (κ1) is 17.8. The Morgan fingerprint density at radius 1 is 1.15 bits per heavy atom. The van der Waals surface area contributed by atoms with Crippen molar-refractivity contribution >= 4 is 40.1 Å². The maximum atomic E-state index is 12.3. The predicted octanol–water partition coefficient (Wildman–Crippen LogP) is 4.01. The van der Waals surface area contributed by atoms with Crippen LogP contribution in [-0.4, -0.2) is 30.1 Å². The van der Waals surface area contributed by atoms with Gasteiger partial charge in [0, 0.05) is 15.9 Å². The van der Waals surface area contributed by atoms with Gasteiger partial charge in [-0.2, -0.15) is 0 Å². The van der Waals surface area contributed by atoms with Crippen molar-refractivity contribution < 1.29 is 19.1 Å². The number of halogens is 1. The Hall–Kier alpha value is -2.99. The van der Waals surface area contributed by atoms with Gasteiger partial charge in [-0.25, -0.2) is 4.79 Å². The van der Waals surface area contributed by atoms with E-state index in [1.807, 2.05) is 24.3 Å². The Balaban J connectivity index is 1.69. The lowest BCUT2D eigenvalue weighted by Gasteiger charge is -2.15. The van der Waals surface area contributed by atoms with Crippen LogP contribution in [0, 0.1) is 0 Å². The van der Waals surface area contributed by atoms with Gasteiger partial charge in [0.05, 0.1) is 12.8 Å². The molecule has 0 saturated heterocycles. The highest BCUT2D eigenvalue weighted by atomic mass is 35.5. The highest BCUT2D eigenvalue weighted by molar-refractivity contribution is 6.31. The number of aromatic amines is 1. The highest BCUT2D eigenvalue weighted by Crippen LogP contribution is 2.28. The van der Waals surface area contributed by atoms with E-state index in [9.17, 15) is 9.59 Å². The summed E-state index contributed by atoms with van der Waals surface area (Å²) in [7, 11) is 1.48. The zero-order valence-corrected chi connectivity index (χ0v) is 15.0. The fourth-order valence-corrected chi connectivity index (χ4v) is 2.65. The van der Waals surface area contributed by atoms with Crippen LogP contribution in [0.5, 0.6) is 5.75 Å². The van der Waals surface area contributed by atoms with Gasteiger partial charge < -0.3 is 19.8 Å². The summed E-state index contributed by atoms with van der Waals surface area (Å²) < 4.78 is 10.4. The van der Waals surface area contributed by atoms with Crippen molar-refractivity contribution in [2.75, 3.05) is 12.4 Å². The number of rotatable bonds is 5. The molecule has 3 rings (SSSR count). The number of methoxy groups -OCH3 is 1. The number of hydrogen-bond acceptors (Lipinski definition) is 4. The van der Waals surface area contributed by atoms with Gasteiger partial charge in [-0.15, -0.1) is 0 Å². The first-order valence-electron chi connectivity index (χ1n) is 7.91. The maximum Gasteiger partial charge on any atom is 0.355 e. The molecule has 0 aliphatic heterocycles. The number of nitrogens with one attached hydrogen (secondary N) is 2. The number of anilines is 1. The molecule has 0 spiro atoms. The lowest BCUT2D eigenvalue weighted by Crippen LogP contribution is -2.30. The van der Waals surface area contributed by atoms with E-state index in [1.54, 1.807) is 24.3 Å². The van der Waals surface area contributed by atoms with E-state index in [1.165, 1.54) is 14.0 Å². The molecule has 6 nitrogen and oxygen atoms in total. The van der Waals surface area contributed by atoms with Crippen LogP contribution in [0.4, 0.5) is 5.69 Å². The number of amides is 1. The lowest BCUT2D eigenvalue weighted by atomic mass is 10.2. The Labute approximate surface area is 155 Å². The number of benzene rings is 2. The largest absolute Gasteiger partial charge is 0.495 e. The van der Waals surface area contributed by atoms with Crippen LogP contribution in [0.2, 0.25) is 5.02 Å². The van der Waals surface area contributed by atoms with Gasteiger partial charge in [-0.3, -0.25) is 4.79 Å². The summed E-state index contributed by atoms with van der Waals surface area (Å²) in [6.07, 6.45) is -1.00. The lowest BCUT2D eigenvalue weighted by molar-refractivity contribution is -0.123. The Morgan fingerprint density at radius 2 is 1.92 bits per heavy atom. The minimum atomic E-state index is -1.00. The third kappa shape index (κ3) is 3.81. The molecule has 2 aromatic carbocycles. The number of esters is 1. The van der Waals surface area contributed by atoms with Crippen molar-refractivity contribution in [1.82, 2.24) is 4.98 Å². The molecular formula is C19H17ClN2O4. The zero-order chi connectivity index (χ0) is 18.7. The quantitative estimate of drug-likeness (QED) is 0.663. The maximum absolute atomic E-state index is 12.3. The molecule has 0 saturated carbocycles. The molecular weight excluding hydrogens is 356 g/mol. The smallest absolute Gasteiger partial charge is 0.355 e.